The van der Waals surface area contributed by atoms with E-state index in [0.29, 0.717) is 35.9 Å². The number of methoxy groups -OCH3 is 1. The van der Waals surface area contributed by atoms with Crippen LogP contribution in [0.3, 0.4) is 0 Å². The fraction of sp³-hybridized carbons (Fsp3) is 0.200. The van der Waals surface area contributed by atoms with Crippen LogP contribution in [0.15, 0.2) is 91.0 Å². The van der Waals surface area contributed by atoms with E-state index in [0.717, 1.165) is 30.8 Å². The molecular weight excluding hydrogens is 494 g/mol. The van der Waals surface area contributed by atoms with Crippen LogP contribution in [0.4, 0.5) is 5.69 Å². The third-order valence-corrected chi connectivity index (χ3v) is 6.71. The monoisotopic (exact) mass is 523 g/mol. The Morgan fingerprint density at radius 1 is 0.974 bits per heavy atom. The molecule has 0 N–H and O–H groups in total. The van der Waals surface area contributed by atoms with Gasteiger partial charge in [-0.3, -0.25) is 19.8 Å². The third-order valence-electron chi connectivity index (χ3n) is 6.71. The van der Waals surface area contributed by atoms with Crippen molar-refractivity contribution in [1.29, 1.82) is 0 Å². The summed E-state index contributed by atoms with van der Waals surface area (Å²) in [4.78, 5) is 28.8. The maximum Gasteiger partial charge on any atom is 0.272 e. The molecule has 9 heteroatoms. The van der Waals surface area contributed by atoms with Crippen LogP contribution in [0, 0.1) is 10.1 Å². The van der Waals surface area contributed by atoms with E-state index in [4.69, 9.17) is 9.84 Å². The number of carbonyl (C=O) groups is 1. The summed E-state index contributed by atoms with van der Waals surface area (Å²) in [5, 5.41) is 16.1. The van der Waals surface area contributed by atoms with Gasteiger partial charge in [0.15, 0.2) is 0 Å². The smallest absolute Gasteiger partial charge is 0.272 e. The normalized spacial score (nSPS) is 14.0. The number of amides is 1. The Morgan fingerprint density at radius 2 is 1.74 bits per heavy atom. The second-order valence-electron chi connectivity index (χ2n) is 9.24. The lowest BCUT2D eigenvalue weighted by atomic mass is 10.1. The molecule has 0 bridgehead atoms. The van der Waals surface area contributed by atoms with Crippen molar-refractivity contribution in [3.8, 4) is 22.7 Å². The Balaban J connectivity index is 1.37. The van der Waals surface area contributed by atoms with Crippen molar-refractivity contribution in [1.82, 2.24) is 19.6 Å². The number of carbonyl (C=O) groups excluding carboxylic acids is 1. The number of nitrogens with zero attached hydrogens (tertiary/aromatic N) is 5. The summed E-state index contributed by atoms with van der Waals surface area (Å²) in [7, 11) is 1.59. The molecule has 0 aliphatic carbocycles. The van der Waals surface area contributed by atoms with Gasteiger partial charge in [-0.2, -0.15) is 5.10 Å². The van der Waals surface area contributed by atoms with Gasteiger partial charge in [-0.15, -0.1) is 0 Å². The summed E-state index contributed by atoms with van der Waals surface area (Å²) in [6.07, 6.45) is 4.25. The molecule has 0 atom stereocenters. The molecule has 0 unspecified atom stereocenters. The van der Waals surface area contributed by atoms with Gasteiger partial charge in [0.2, 0.25) is 0 Å². The van der Waals surface area contributed by atoms with Crippen LogP contribution < -0.4 is 4.74 Å². The lowest BCUT2D eigenvalue weighted by Gasteiger charge is -2.34. The van der Waals surface area contributed by atoms with Crippen LogP contribution in [0.2, 0.25) is 0 Å². The summed E-state index contributed by atoms with van der Waals surface area (Å²) in [5.41, 5.74) is 3.25. The van der Waals surface area contributed by atoms with E-state index in [1.165, 1.54) is 16.8 Å². The molecule has 0 radical (unpaired) electrons. The molecule has 1 aromatic heterocycles. The molecule has 4 aromatic rings. The molecule has 3 aromatic carbocycles. The average Bonchev–Trinajstić information content (AvgIpc) is 3.43. The van der Waals surface area contributed by atoms with Crippen LogP contribution in [0.1, 0.15) is 16.1 Å². The molecule has 39 heavy (non-hydrogen) atoms. The van der Waals surface area contributed by atoms with Crippen LogP contribution in [0.5, 0.6) is 5.75 Å². The second-order valence-corrected chi connectivity index (χ2v) is 9.24. The molecular formula is C30H29N5O4. The van der Waals surface area contributed by atoms with Crippen LogP contribution in [-0.4, -0.2) is 70.2 Å². The quantitative estimate of drug-likeness (QED) is 0.240. The number of aromatic nitrogens is 2. The molecule has 0 saturated carbocycles. The minimum atomic E-state index is -0.455. The van der Waals surface area contributed by atoms with Crippen molar-refractivity contribution in [3.05, 3.63) is 112 Å². The van der Waals surface area contributed by atoms with E-state index in [1.54, 1.807) is 25.3 Å². The van der Waals surface area contributed by atoms with Gasteiger partial charge >= 0.3 is 0 Å². The van der Waals surface area contributed by atoms with Crippen molar-refractivity contribution in [2.75, 3.05) is 39.8 Å². The van der Waals surface area contributed by atoms with Gasteiger partial charge in [-0.05, 0) is 29.8 Å². The molecule has 1 saturated heterocycles. The Labute approximate surface area is 226 Å². The predicted octanol–water partition coefficient (Wildman–Crippen LogP) is 4.93. The van der Waals surface area contributed by atoms with Gasteiger partial charge < -0.3 is 9.64 Å². The highest BCUT2D eigenvalue weighted by Gasteiger charge is 2.26. The number of piperazine rings is 1. The summed E-state index contributed by atoms with van der Waals surface area (Å²) >= 11 is 0. The molecule has 5 rings (SSSR count). The molecule has 0 spiro atoms. The van der Waals surface area contributed by atoms with E-state index in [1.807, 2.05) is 47.4 Å². The second kappa shape index (κ2) is 11.7. The van der Waals surface area contributed by atoms with E-state index >= 15 is 0 Å². The van der Waals surface area contributed by atoms with Gasteiger partial charge in [0.25, 0.3) is 11.6 Å². The number of hydrogen-bond acceptors (Lipinski definition) is 6. The summed E-state index contributed by atoms with van der Waals surface area (Å²) in [6.45, 7) is 3.46. The zero-order valence-electron chi connectivity index (χ0n) is 21.6. The molecule has 198 valence electrons. The minimum absolute atomic E-state index is 0.0681. The highest BCUT2D eigenvalue weighted by atomic mass is 16.6. The first-order chi connectivity index (χ1) is 19.0. The number of hydrogen-bond donors (Lipinski definition) is 0. The number of non-ortho nitro benzene ring substituents is 1. The molecule has 1 fully saturated rings. The summed E-state index contributed by atoms with van der Waals surface area (Å²) in [5.74, 6) is 0.505. The van der Waals surface area contributed by atoms with Gasteiger partial charge in [0.1, 0.15) is 11.4 Å². The van der Waals surface area contributed by atoms with E-state index in [2.05, 4.69) is 29.2 Å². The van der Waals surface area contributed by atoms with E-state index < -0.39 is 4.92 Å². The van der Waals surface area contributed by atoms with E-state index in [-0.39, 0.29) is 11.6 Å². The Morgan fingerprint density at radius 3 is 2.49 bits per heavy atom. The first-order valence-corrected chi connectivity index (χ1v) is 12.7. The molecule has 1 aliphatic heterocycles. The lowest BCUT2D eigenvalue weighted by Crippen LogP contribution is -2.49. The topological polar surface area (TPSA) is 93.7 Å². The summed E-state index contributed by atoms with van der Waals surface area (Å²) in [6, 6.07) is 25.5. The number of ether oxygens (including phenoxy) is 1. The standard InChI is InChI=1S/C30H29N5O4/c1-39-27-14-5-11-24(20-27)28-22-29(34(31-28)25-12-6-13-26(21-25)35(37)38)30(36)33-18-16-32(17-19-33)15-7-10-23-8-3-2-4-9-23/h2-14,20-22H,15-19H2,1H3. The fourth-order valence-corrected chi connectivity index (χ4v) is 4.59. The predicted molar refractivity (Wildman–Crippen MR) is 150 cm³/mol. The molecule has 1 amide bonds. The largest absolute Gasteiger partial charge is 0.497 e. The maximum absolute atomic E-state index is 13.8. The molecule has 9 nitrogen and oxygen atoms in total. The highest BCUT2D eigenvalue weighted by Crippen LogP contribution is 2.27. The van der Waals surface area contributed by atoms with Crippen LogP contribution in [-0.2, 0) is 0 Å². The van der Waals surface area contributed by atoms with Crippen molar-refractivity contribution >= 4 is 17.7 Å². The average molecular weight is 524 g/mol. The van der Waals surface area contributed by atoms with Crippen molar-refractivity contribution in [3.63, 3.8) is 0 Å². The minimum Gasteiger partial charge on any atom is -0.497 e. The van der Waals surface area contributed by atoms with Crippen molar-refractivity contribution < 1.29 is 14.5 Å². The number of nitro benzene ring substituents is 1. The SMILES string of the molecule is COc1cccc(-c2cc(C(=O)N3CCN(CC=Cc4ccccc4)CC3)n(-c3cccc([N+](=O)[O-])c3)n2)c1. The van der Waals surface area contributed by atoms with Gasteiger partial charge in [0, 0.05) is 50.4 Å². The molecule has 1 aliphatic rings. The van der Waals surface area contributed by atoms with Gasteiger partial charge in [-0.1, -0.05) is 60.7 Å². The Kier molecular flexibility index (Phi) is 7.79. The highest BCUT2D eigenvalue weighted by molar-refractivity contribution is 5.94. The fourth-order valence-electron chi connectivity index (χ4n) is 4.59. The number of benzene rings is 3. The van der Waals surface area contributed by atoms with Crippen molar-refractivity contribution in [2.45, 2.75) is 0 Å². The Hall–Kier alpha value is -4.76. The lowest BCUT2D eigenvalue weighted by molar-refractivity contribution is -0.384. The maximum atomic E-state index is 13.8. The zero-order chi connectivity index (χ0) is 27.2. The number of rotatable bonds is 8. The van der Waals surface area contributed by atoms with Crippen molar-refractivity contribution in [2.24, 2.45) is 0 Å². The van der Waals surface area contributed by atoms with Crippen LogP contribution in [0.25, 0.3) is 23.0 Å². The summed E-state index contributed by atoms with van der Waals surface area (Å²) < 4.78 is 6.85. The number of nitro groups is 1. The van der Waals surface area contributed by atoms with E-state index in [9.17, 15) is 14.9 Å². The zero-order valence-corrected chi connectivity index (χ0v) is 21.6. The first kappa shape index (κ1) is 25.9. The van der Waals surface area contributed by atoms with Gasteiger partial charge in [0.05, 0.1) is 23.4 Å². The van der Waals surface area contributed by atoms with Gasteiger partial charge in [-0.25, -0.2) is 4.68 Å². The first-order valence-electron chi connectivity index (χ1n) is 12.7. The third kappa shape index (κ3) is 6.05. The Bertz CT molecular complexity index is 1490. The molecule has 2 heterocycles. The van der Waals surface area contributed by atoms with Crippen LogP contribution >= 0.6 is 0 Å².